The zero-order chi connectivity index (χ0) is 24.8. The lowest BCUT2D eigenvalue weighted by Crippen LogP contribution is -2.25. The summed E-state index contributed by atoms with van der Waals surface area (Å²) in [7, 11) is 0. The Morgan fingerprint density at radius 1 is 1.00 bits per heavy atom. The Kier molecular flexibility index (Phi) is 5.41. The number of carbonyl (C=O) groups excluding carboxylic acids is 1. The van der Waals surface area contributed by atoms with Gasteiger partial charge in [-0.15, -0.1) is 15.3 Å². The van der Waals surface area contributed by atoms with Crippen molar-refractivity contribution in [2.45, 2.75) is 32.8 Å². The quantitative estimate of drug-likeness (QED) is 0.378. The van der Waals surface area contributed by atoms with Crippen LogP contribution < -0.4 is 10.1 Å². The number of halogens is 1. The number of fused-ring (bicyclic) bond motifs is 2. The summed E-state index contributed by atoms with van der Waals surface area (Å²) in [6, 6.07) is 19.1. The highest BCUT2D eigenvalue weighted by atomic mass is 35.5. The zero-order valence-electron chi connectivity index (χ0n) is 19.6. The second-order valence-corrected chi connectivity index (χ2v) is 9.19. The summed E-state index contributed by atoms with van der Waals surface area (Å²) in [6.45, 7) is 4.23. The molecule has 36 heavy (non-hydrogen) atoms. The monoisotopic (exact) mass is 499 g/mol. The molecule has 0 fully saturated rings. The number of rotatable bonds is 5. The Morgan fingerprint density at radius 2 is 1.78 bits per heavy atom. The maximum absolute atomic E-state index is 12.7. The molecule has 0 radical (unpaired) electrons. The van der Waals surface area contributed by atoms with E-state index in [0.717, 1.165) is 28.1 Å². The predicted molar refractivity (Wildman–Crippen MR) is 135 cm³/mol. The third-order valence-corrected chi connectivity index (χ3v) is 6.58. The van der Waals surface area contributed by atoms with E-state index in [0.29, 0.717) is 41.2 Å². The van der Waals surface area contributed by atoms with Gasteiger partial charge in [-0.1, -0.05) is 35.9 Å². The molecule has 0 saturated carbocycles. The fraction of sp³-hybridized carbons (Fsp3) is 0.192. The third-order valence-electron chi connectivity index (χ3n) is 6.33. The maximum atomic E-state index is 12.7. The number of aryl methyl sites for hydroxylation is 2. The van der Waals surface area contributed by atoms with Crippen molar-refractivity contribution in [3.05, 3.63) is 93.9 Å². The minimum Gasteiger partial charge on any atom is -0.489 e. The molecule has 6 rings (SSSR count). The Balaban J connectivity index is 1.30. The number of nitrogens with zero attached hydrogens (tertiary/aromatic N) is 6. The van der Waals surface area contributed by atoms with E-state index in [1.165, 1.54) is 0 Å². The summed E-state index contributed by atoms with van der Waals surface area (Å²) in [5.41, 5.74) is 4.51. The molecule has 1 N–H and O–H groups in total. The first-order valence-corrected chi connectivity index (χ1v) is 11.9. The van der Waals surface area contributed by atoms with E-state index in [1.54, 1.807) is 9.20 Å². The average Bonchev–Trinajstić information content (AvgIpc) is 3.42. The van der Waals surface area contributed by atoms with Crippen LogP contribution in [0.15, 0.2) is 60.7 Å². The van der Waals surface area contributed by atoms with Crippen molar-refractivity contribution in [2.75, 3.05) is 5.32 Å². The maximum Gasteiger partial charge on any atom is 0.226 e. The van der Waals surface area contributed by atoms with Crippen LogP contribution in [0.3, 0.4) is 0 Å². The van der Waals surface area contributed by atoms with Gasteiger partial charge < -0.3 is 10.1 Å². The van der Waals surface area contributed by atoms with E-state index in [1.807, 2.05) is 74.5 Å². The van der Waals surface area contributed by atoms with Crippen molar-refractivity contribution in [1.82, 2.24) is 29.6 Å². The van der Waals surface area contributed by atoms with E-state index < -0.39 is 0 Å². The minimum atomic E-state index is -0.131. The Bertz CT molecular complexity index is 1590. The molecule has 0 aliphatic carbocycles. The highest BCUT2D eigenvalue weighted by Crippen LogP contribution is 2.40. The molecule has 10 heteroatoms. The van der Waals surface area contributed by atoms with Gasteiger partial charge in [0.25, 0.3) is 0 Å². The van der Waals surface area contributed by atoms with Crippen LogP contribution in [0, 0.1) is 13.8 Å². The van der Waals surface area contributed by atoms with Gasteiger partial charge >= 0.3 is 0 Å². The van der Waals surface area contributed by atoms with Crippen molar-refractivity contribution in [1.29, 1.82) is 0 Å². The predicted octanol–water partition coefficient (Wildman–Crippen LogP) is 4.63. The zero-order valence-corrected chi connectivity index (χ0v) is 20.4. The molecular weight excluding hydrogens is 478 g/mol. The number of ether oxygens (including phenoxy) is 1. The smallest absolute Gasteiger partial charge is 0.226 e. The van der Waals surface area contributed by atoms with Crippen molar-refractivity contribution in [3.8, 4) is 11.6 Å². The molecule has 2 aromatic carbocycles. The lowest BCUT2D eigenvalue weighted by molar-refractivity contribution is -0.116. The van der Waals surface area contributed by atoms with Crippen LogP contribution in [0.4, 0.5) is 5.82 Å². The largest absolute Gasteiger partial charge is 0.489 e. The lowest BCUT2D eigenvalue weighted by Gasteiger charge is -2.24. The molecule has 0 unspecified atom stereocenters. The molecule has 9 nitrogen and oxygen atoms in total. The molecular formula is C26H22ClN7O2. The molecule has 5 aromatic rings. The van der Waals surface area contributed by atoms with Crippen molar-refractivity contribution in [2.24, 2.45) is 0 Å². The van der Waals surface area contributed by atoms with Gasteiger partial charge in [0, 0.05) is 22.9 Å². The topological polar surface area (TPSA) is 99.2 Å². The van der Waals surface area contributed by atoms with Gasteiger partial charge in [0.15, 0.2) is 17.3 Å². The van der Waals surface area contributed by atoms with E-state index in [-0.39, 0.29) is 11.8 Å². The molecule has 0 spiro atoms. The van der Waals surface area contributed by atoms with Gasteiger partial charge in [0.1, 0.15) is 18.2 Å². The number of benzene rings is 2. The molecule has 1 aliphatic heterocycles. The number of aromatic nitrogens is 6. The first-order valence-electron chi connectivity index (χ1n) is 11.5. The van der Waals surface area contributed by atoms with Gasteiger partial charge in [-0.25, -0.2) is 0 Å². The van der Waals surface area contributed by atoms with Crippen molar-refractivity contribution in [3.63, 3.8) is 0 Å². The molecule has 1 aliphatic rings. The number of nitrogens with one attached hydrogen (secondary N) is 1. The van der Waals surface area contributed by atoms with Gasteiger partial charge in [-0.2, -0.15) is 14.3 Å². The summed E-state index contributed by atoms with van der Waals surface area (Å²) in [4.78, 5) is 12.7. The normalized spacial score (nSPS) is 15.1. The Morgan fingerprint density at radius 3 is 2.56 bits per heavy atom. The Hall–Kier alpha value is -4.24. The van der Waals surface area contributed by atoms with Crippen LogP contribution in [-0.2, 0) is 11.4 Å². The van der Waals surface area contributed by atoms with Crippen LogP contribution in [-0.4, -0.2) is 35.5 Å². The number of amides is 1. The fourth-order valence-corrected chi connectivity index (χ4v) is 4.67. The standard InChI is InChI=1S/C26H22ClN7O2/c1-15-25-21(18-5-9-20(10-6-18)36-14-17-3-7-19(27)8-4-17)13-24(35)28-26(25)34(31-15)23-12-11-22-30-29-16(2)33(22)32-23/h3-12,21H,13-14H2,1-2H3,(H,28,35)/t21-/m1/s1. The fourth-order valence-electron chi connectivity index (χ4n) is 4.54. The number of hydrogen-bond acceptors (Lipinski definition) is 6. The minimum absolute atomic E-state index is 0.0710. The van der Waals surface area contributed by atoms with Gasteiger partial charge in [-0.3, -0.25) is 4.79 Å². The van der Waals surface area contributed by atoms with E-state index >= 15 is 0 Å². The third kappa shape index (κ3) is 3.97. The molecule has 1 amide bonds. The molecule has 1 atom stereocenters. The summed E-state index contributed by atoms with van der Waals surface area (Å²) in [5, 5.41) is 21.2. The van der Waals surface area contributed by atoms with E-state index in [2.05, 4.69) is 20.6 Å². The van der Waals surface area contributed by atoms with Gasteiger partial charge in [0.05, 0.1) is 5.69 Å². The average molecular weight is 500 g/mol. The highest BCUT2D eigenvalue weighted by Gasteiger charge is 2.33. The molecule has 3 aromatic heterocycles. The van der Waals surface area contributed by atoms with Crippen LogP contribution in [0.5, 0.6) is 5.75 Å². The van der Waals surface area contributed by atoms with Crippen LogP contribution >= 0.6 is 11.6 Å². The molecule has 180 valence electrons. The molecule has 4 heterocycles. The summed E-state index contributed by atoms with van der Waals surface area (Å²) >= 11 is 5.95. The van der Waals surface area contributed by atoms with E-state index in [9.17, 15) is 4.79 Å². The van der Waals surface area contributed by atoms with Gasteiger partial charge in [0.2, 0.25) is 5.91 Å². The van der Waals surface area contributed by atoms with Crippen molar-refractivity contribution < 1.29 is 9.53 Å². The number of anilines is 1. The summed E-state index contributed by atoms with van der Waals surface area (Å²) in [5.74, 6) is 2.43. The van der Waals surface area contributed by atoms with Crippen molar-refractivity contribution >= 4 is 29.0 Å². The SMILES string of the molecule is Cc1nn(-c2ccc3nnc(C)n3n2)c2c1[C@@H](c1ccc(OCc3ccc(Cl)cc3)cc1)CC(=O)N2. The highest BCUT2D eigenvalue weighted by molar-refractivity contribution is 6.30. The summed E-state index contributed by atoms with van der Waals surface area (Å²) < 4.78 is 9.26. The molecule has 0 saturated heterocycles. The number of carbonyl (C=O) groups is 1. The summed E-state index contributed by atoms with van der Waals surface area (Å²) in [6.07, 6.45) is 0.335. The second-order valence-electron chi connectivity index (χ2n) is 8.76. The van der Waals surface area contributed by atoms with E-state index in [4.69, 9.17) is 21.4 Å². The van der Waals surface area contributed by atoms with Crippen LogP contribution in [0.25, 0.3) is 11.5 Å². The first kappa shape index (κ1) is 22.2. The van der Waals surface area contributed by atoms with Crippen LogP contribution in [0.2, 0.25) is 5.02 Å². The number of hydrogen-bond donors (Lipinski definition) is 1. The second kappa shape index (κ2) is 8.76. The first-order chi connectivity index (χ1) is 17.5. The van der Waals surface area contributed by atoms with Gasteiger partial charge in [-0.05, 0) is 61.4 Å². The lowest BCUT2D eigenvalue weighted by atomic mass is 9.86. The molecule has 0 bridgehead atoms. The van der Waals surface area contributed by atoms with Crippen LogP contribution in [0.1, 0.15) is 40.5 Å². The Labute approximate surface area is 211 Å².